The summed E-state index contributed by atoms with van der Waals surface area (Å²) in [6.07, 6.45) is 0.937. The van der Waals surface area contributed by atoms with Gasteiger partial charge in [0.15, 0.2) is 0 Å². The molecule has 1 aromatic rings. The molecule has 82 valence electrons. The van der Waals surface area contributed by atoms with Crippen LogP contribution in [0.4, 0.5) is 0 Å². The van der Waals surface area contributed by atoms with Gasteiger partial charge >= 0.3 is 51.4 Å². The molecule has 0 spiro atoms. The average molecular weight is 266 g/mol. The molecule has 0 aliphatic heterocycles. The SMILES string of the molecule is CO/C(=C(/[O-])c1ccccc1)S(C)(=O)=O.[K+]. The maximum absolute atomic E-state index is 11.7. The zero-order chi connectivity index (χ0) is 11.5. The van der Waals surface area contributed by atoms with E-state index in [1.807, 2.05) is 0 Å². The van der Waals surface area contributed by atoms with Crippen LogP contribution < -0.4 is 56.5 Å². The second-order valence-electron chi connectivity index (χ2n) is 2.96. The number of benzene rings is 1. The maximum atomic E-state index is 11.7. The van der Waals surface area contributed by atoms with E-state index in [-0.39, 0.29) is 51.4 Å². The molecule has 0 aromatic heterocycles. The molecule has 16 heavy (non-hydrogen) atoms. The Bertz CT molecular complexity index is 465. The van der Waals surface area contributed by atoms with Crippen LogP contribution in [0.2, 0.25) is 0 Å². The van der Waals surface area contributed by atoms with Crippen LogP contribution >= 0.6 is 0 Å². The van der Waals surface area contributed by atoms with Crippen molar-refractivity contribution in [3.63, 3.8) is 0 Å². The molecule has 0 aliphatic carbocycles. The Morgan fingerprint density at radius 1 is 1.25 bits per heavy atom. The molecule has 6 heteroatoms. The van der Waals surface area contributed by atoms with E-state index in [4.69, 9.17) is 0 Å². The van der Waals surface area contributed by atoms with Gasteiger partial charge in [0.2, 0.25) is 14.9 Å². The van der Waals surface area contributed by atoms with E-state index in [0.29, 0.717) is 5.56 Å². The van der Waals surface area contributed by atoms with Gasteiger partial charge in [-0.15, -0.1) is 0 Å². The third-order valence-corrected chi connectivity index (χ3v) is 2.77. The Hall–Kier alpha value is 0.146. The monoisotopic (exact) mass is 266 g/mol. The van der Waals surface area contributed by atoms with E-state index in [1.165, 1.54) is 12.1 Å². The summed E-state index contributed by atoms with van der Waals surface area (Å²) < 4.78 is 27.0. The summed E-state index contributed by atoms with van der Waals surface area (Å²) in [6, 6.07) is 8.12. The summed E-state index contributed by atoms with van der Waals surface area (Å²) in [7, 11) is -2.45. The van der Waals surface area contributed by atoms with Gasteiger partial charge in [-0.1, -0.05) is 30.3 Å². The largest absolute Gasteiger partial charge is 1.00 e. The molecule has 4 nitrogen and oxygen atoms in total. The number of hydrogen-bond donors (Lipinski definition) is 0. The van der Waals surface area contributed by atoms with Crippen molar-refractivity contribution in [3.05, 3.63) is 41.0 Å². The zero-order valence-electron chi connectivity index (χ0n) is 9.43. The van der Waals surface area contributed by atoms with E-state index in [0.717, 1.165) is 13.4 Å². The van der Waals surface area contributed by atoms with E-state index >= 15 is 0 Å². The quantitative estimate of drug-likeness (QED) is 0.443. The fourth-order valence-electron chi connectivity index (χ4n) is 1.12. The first-order valence-electron chi connectivity index (χ1n) is 4.17. The number of methoxy groups -OCH3 is 1. The molecule has 0 fully saturated rings. The minimum Gasteiger partial charge on any atom is -0.869 e. The van der Waals surface area contributed by atoms with Crippen LogP contribution in [0.5, 0.6) is 0 Å². The van der Waals surface area contributed by atoms with E-state index < -0.39 is 20.7 Å². The summed E-state index contributed by atoms with van der Waals surface area (Å²) in [5.74, 6) is -0.624. The maximum Gasteiger partial charge on any atom is 1.00 e. The van der Waals surface area contributed by atoms with Crippen LogP contribution in [-0.4, -0.2) is 21.8 Å². The van der Waals surface area contributed by atoms with Crippen molar-refractivity contribution in [2.75, 3.05) is 13.4 Å². The minimum atomic E-state index is -3.62. The number of ether oxygens (including phenoxy) is 1. The minimum absolute atomic E-state index is 0. The van der Waals surface area contributed by atoms with Gasteiger partial charge in [-0.25, -0.2) is 8.42 Å². The molecule has 0 atom stereocenters. The Morgan fingerprint density at radius 2 is 1.75 bits per heavy atom. The van der Waals surface area contributed by atoms with Gasteiger partial charge in [0.05, 0.1) is 7.11 Å². The standard InChI is InChI=1S/C10H12O4S.K/c1-14-10(15(2,12)13)9(11)8-6-4-3-5-7-8;/h3-7,11H,1-2H3;/q;+1/p-1/b10-9-;. The van der Waals surface area contributed by atoms with Gasteiger partial charge in [-0.05, 0) is 11.3 Å². The fourth-order valence-corrected chi connectivity index (χ4v) is 1.88. The van der Waals surface area contributed by atoms with Crippen molar-refractivity contribution in [2.45, 2.75) is 0 Å². The molecule has 0 saturated heterocycles. The molecule has 1 rings (SSSR count). The van der Waals surface area contributed by atoms with Gasteiger partial charge in [-0.2, -0.15) is 0 Å². The van der Waals surface area contributed by atoms with Crippen LogP contribution in [0.1, 0.15) is 5.56 Å². The Balaban J connectivity index is 0.00000225. The molecule has 0 bridgehead atoms. The summed E-state index contributed by atoms with van der Waals surface area (Å²) in [6.45, 7) is 0. The third-order valence-electron chi connectivity index (χ3n) is 1.74. The molecule has 0 amide bonds. The third kappa shape index (κ3) is 4.19. The first-order valence-corrected chi connectivity index (χ1v) is 6.06. The molecule has 0 saturated carbocycles. The normalized spacial score (nSPS) is 12.4. The van der Waals surface area contributed by atoms with E-state index in [9.17, 15) is 13.5 Å². The van der Waals surface area contributed by atoms with Crippen LogP contribution in [0.25, 0.3) is 5.76 Å². The zero-order valence-corrected chi connectivity index (χ0v) is 13.4. The first-order chi connectivity index (χ1) is 6.96. The molecule has 0 unspecified atom stereocenters. The van der Waals surface area contributed by atoms with Crippen LogP contribution in [0.3, 0.4) is 0 Å². The van der Waals surface area contributed by atoms with Gasteiger partial charge in [0.1, 0.15) is 0 Å². The smallest absolute Gasteiger partial charge is 0.869 e. The summed E-state index contributed by atoms with van der Waals surface area (Å²) in [4.78, 5) is 0. The van der Waals surface area contributed by atoms with Crippen LogP contribution in [0.15, 0.2) is 35.4 Å². The summed E-state index contributed by atoms with van der Waals surface area (Å²) >= 11 is 0. The molecular weight excluding hydrogens is 255 g/mol. The van der Waals surface area contributed by atoms with Crippen LogP contribution in [-0.2, 0) is 14.6 Å². The van der Waals surface area contributed by atoms with Crippen molar-refractivity contribution in [1.82, 2.24) is 0 Å². The Labute approximate surface area is 138 Å². The number of rotatable bonds is 3. The van der Waals surface area contributed by atoms with Gasteiger partial charge in [0.25, 0.3) is 0 Å². The molecule has 1 aromatic carbocycles. The molecule has 0 heterocycles. The average Bonchev–Trinajstić information content (AvgIpc) is 2.18. The molecule has 0 aliphatic rings. The Morgan fingerprint density at radius 3 is 2.12 bits per heavy atom. The second kappa shape index (κ2) is 6.78. The fraction of sp³-hybridized carbons (Fsp3) is 0.200. The first kappa shape index (κ1) is 16.1. The topological polar surface area (TPSA) is 66.4 Å². The summed E-state index contributed by atoms with van der Waals surface area (Å²) in [5, 5.41) is 11.1. The van der Waals surface area contributed by atoms with Crippen LogP contribution in [0, 0.1) is 0 Å². The van der Waals surface area contributed by atoms with Crippen molar-refractivity contribution >= 4 is 15.6 Å². The predicted molar refractivity (Wildman–Crippen MR) is 55.2 cm³/mol. The number of sulfone groups is 1. The Kier molecular flexibility index (Phi) is 6.84. The number of hydrogen-bond acceptors (Lipinski definition) is 4. The van der Waals surface area contributed by atoms with Crippen molar-refractivity contribution in [1.29, 1.82) is 0 Å². The molecular formula is C10H11KO4S. The van der Waals surface area contributed by atoms with Crippen molar-refractivity contribution in [2.24, 2.45) is 0 Å². The molecule has 0 radical (unpaired) electrons. The van der Waals surface area contributed by atoms with Gasteiger partial charge < -0.3 is 9.84 Å². The second-order valence-corrected chi connectivity index (χ2v) is 4.87. The predicted octanol–water partition coefficient (Wildman–Crippen LogP) is -2.63. The van der Waals surface area contributed by atoms with E-state index in [2.05, 4.69) is 4.74 Å². The molecule has 0 N–H and O–H groups in total. The van der Waals surface area contributed by atoms with E-state index in [1.54, 1.807) is 18.2 Å². The van der Waals surface area contributed by atoms with Crippen molar-refractivity contribution < 1.29 is 69.6 Å². The van der Waals surface area contributed by atoms with Gasteiger partial charge in [0, 0.05) is 6.26 Å². The van der Waals surface area contributed by atoms with Crippen molar-refractivity contribution in [3.8, 4) is 0 Å². The summed E-state index contributed by atoms with van der Waals surface area (Å²) in [5.41, 5.74) is 0.291. The van der Waals surface area contributed by atoms with Gasteiger partial charge in [-0.3, -0.25) is 0 Å².